The summed E-state index contributed by atoms with van der Waals surface area (Å²) in [4.78, 5) is 14.0. The maximum absolute atomic E-state index is 13.0. The third kappa shape index (κ3) is 3.62. The molecule has 1 fully saturated rings. The lowest BCUT2D eigenvalue weighted by Gasteiger charge is -2.17. The van der Waals surface area contributed by atoms with Gasteiger partial charge in [-0.25, -0.2) is 4.39 Å². The molecule has 1 atom stereocenters. The van der Waals surface area contributed by atoms with E-state index in [2.05, 4.69) is 0 Å². The van der Waals surface area contributed by atoms with Crippen LogP contribution in [0.1, 0.15) is 17.9 Å². The van der Waals surface area contributed by atoms with Gasteiger partial charge in [-0.2, -0.15) is 0 Å². The van der Waals surface area contributed by atoms with Crippen molar-refractivity contribution in [3.05, 3.63) is 59.9 Å². The van der Waals surface area contributed by atoms with E-state index in [4.69, 9.17) is 4.74 Å². The lowest BCUT2D eigenvalue weighted by Crippen LogP contribution is -2.32. The highest BCUT2D eigenvalue weighted by Gasteiger charge is 2.27. The Kier molecular flexibility index (Phi) is 4.46. The molecule has 1 saturated heterocycles. The zero-order valence-corrected chi connectivity index (χ0v) is 12.6. The molecule has 0 spiro atoms. The summed E-state index contributed by atoms with van der Waals surface area (Å²) in [6, 6.07) is 13.0. The van der Waals surface area contributed by atoms with Crippen molar-refractivity contribution in [3.63, 3.8) is 0 Å². The number of likely N-dealkylation sites (tertiary alicyclic amines) is 1. The van der Waals surface area contributed by atoms with Crippen LogP contribution >= 0.6 is 0 Å². The number of carbonyl (C=O) groups is 1. The van der Waals surface area contributed by atoms with Gasteiger partial charge in [0.1, 0.15) is 5.82 Å². The van der Waals surface area contributed by atoms with Gasteiger partial charge in [0.05, 0.1) is 0 Å². The molecule has 2 aromatic rings. The summed E-state index contributed by atoms with van der Waals surface area (Å²) >= 11 is 0. The number of halogens is 1. The zero-order chi connectivity index (χ0) is 16.2. The highest BCUT2D eigenvalue weighted by molar-refractivity contribution is 5.78. The number of phenols is 1. The van der Waals surface area contributed by atoms with Crippen molar-refractivity contribution in [1.29, 1.82) is 0 Å². The second-order valence-corrected chi connectivity index (χ2v) is 5.63. The molecular weight excluding hydrogens is 297 g/mol. The average molecular weight is 315 g/mol. The number of benzene rings is 2. The summed E-state index contributed by atoms with van der Waals surface area (Å²) in [5.41, 5.74) is 1.04. The van der Waals surface area contributed by atoms with Gasteiger partial charge >= 0.3 is 0 Å². The lowest BCUT2D eigenvalue weighted by molar-refractivity contribution is -0.132. The standard InChI is InChI=1S/C18H18FNO3/c19-15-7-5-13(6-8-15)14-9-10-20(11-14)18(22)12-23-17-4-2-1-3-16(17)21/h1-8,14,21H,9-12H2. The van der Waals surface area contributed by atoms with E-state index in [1.807, 2.05) is 0 Å². The fourth-order valence-electron chi connectivity index (χ4n) is 2.80. The van der Waals surface area contributed by atoms with Gasteiger partial charge in [-0.1, -0.05) is 24.3 Å². The topological polar surface area (TPSA) is 49.8 Å². The van der Waals surface area contributed by atoms with Gasteiger partial charge in [0, 0.05) is 19.0 Å². The molecule has 0 saturated carbocycles. The van der Waals surface area contributed by atoms with Crippen molar-refractivity contribution in [2.75, 3.05) is 19.7 Å². The summed E-state index contributed by atoms with van der Waals surface area (Å²) in [5.74, 6) is 0.180. The third-order valence-corrected chi connectivity index (χ3v) is 4.10. The summed E-state index contributed by atoms with van der Waals surface area (Å²) < 4.78 is 18.3. The molecule has 5 heteroatoms. The SMILES string of the molecule is O=C(COc1ccccc1O)N1CCC(c2ccc(F)cc2)C1. The fraction of sp³-hybridized carbons (Fsp3) is 0.278. The first kappa shape index (κ1) is 15.3. The molecule has 1 aliphatic rings. The fourth-order valence-corrected chi connectivity index (χ4v) is 2.80. The smallest absolute Gasteiger partial charge is 0.260 e. The molecule has 0 radical (unpaired) electrons. The Morgan fingerprint density at radius 3 is 2.70 bits per heavy atom. The van der Waals surface area contributed by atoms with E-state index in [1.165, 1.54) is 18.2 Å². The number of rotatable bonds is 4. The Morgan fingerprint density at radius 2 is 1.96 bits per heavy atom. The molecule has 0 aliphatic carbocycles. The Bertz CT molecular complexity index is 687. The quantitative estimate of drug-likeness (QED) is 0.944. The summed E-state index contributed by atoms with van der Waals surface area (Å²) in [5, 5.41) is 9.62. The summed E-state index contributed by atoms with van der Waals surface area (Å²) in [6.45, 7) is 1.16. The van der Waals surface area contributed by atoms with Crippen molar-refractivity contribution < 1.29 is 19.0 Å². The molecule has 23 heavy (non-hydrogen) atoms. The van der Waals surface area contributed by atoms with Gasteiger partial charge in [0.15, 0.2) is 18.1 Å². The van der Waals surface area contributed by atoms with Crippen LogP contribution in [0, 0.1) is 5.82 Å². The Morgan fingerprint density at radius 1 is 1.22 bits per heavy atom. The van der Waals surface area contributed by atoms with Gasteiger partial charge in [-0.15, -0.1) is 0 Å². The van der Waals surface area contributed by atoms with Gasteiger partial charge in [-0.3, -0.25) is 4.79 Å². The Labute approximate surface area is 134 Å². The van der Waals surface area contributed by atoms with E-state index in [-0.39, 0.29) is 30.0 Å². The molecule has 1 amide bonds. The number of phenolic OH excluding ortho intramolecular Hbond substituents is 1. The van der Waals surface area contributed by atoms with E-state index in [0.29, 0.717) is 18.8 Å². The number of carbonyl (C=O) groups excluding carboxylic acids is 1. The van der Waals surface area contributed by atoms with E-state index < -0.39 is 0 Å². The maximum Gasteiger partial charge on any atom is 0.260 e. The minimum atomic E-state index is -0.254. The zero-order valence-electron chi connectivity index (χ0n) is 12.6. The van der Waals surface area contributed by atoms with E-state index >= 15 is 0 Å². The predicted octanol–water partition coefficient (Wildman–Crippen LogP) is 2.93. The van der Waals surface area contributed by atoms with E-state index in [9.17, 15) is 14.3 Å². The highest BCUT2D eigenvalue weighted by atomic mass is 19.1. The van der Waals surface area contributed by atoms with E-state index in [1.54, 1.807) is 35.2 Å². The first-order chi connectivity index (χ1) is 11.1. The predicted molar refractivity (Wildman–Crippen MR) is 83.9 cm³/mol. The van der Waals surface area contributed by atoms with Crippen molar-refractivity contribution in [3.8, 4) is 11.5 Å². The molecule has 3 rings (SSSR count). The van der Waals surface area contributed by atoms with Crippen molar-refractivity contribution in [2.24, 2.45) is 0 Å². The molecule has 1 unspecified atom stereocenters. The number of hydrogen-bond donors (Lipinski definition) is 1. The number of amides is 1. The number of nitrogens with zero attached hydrogens (tertiary/aromatic N) is 1. The molecule has 120 valence electrons. The molecule has 1 N–H and O–H groups in total. The third-order valence-electron chi connectivity index (χ3n) is 4.10. The van der Waals surface area contributed by atoms with Crippen LogP contribution in [0.25, 0.3) is 0 Å². The second kappa shape index (κ2) is 6.69. The van der Waals surface area contributed by atoms with Crippen LogP contribution in [0.5, 0.6) is 11.5 Å². The second-order valence-electron chi connectivity index (χ2n) is 5.63. The minimum absolute atomic E-state index is 0.0194. The van der Waals surface area contributed by atoms with Gasteiger partial charge in [-0.05, 0) is 36.2 Å². The first-order valence-electron chi connectivity index (χ1n) is 7.57. The minimum Gasteiger partial charge on any atom is -0.504 e. The number of aromatic hydroxyl groups is 1. The first-order valence-corrected chi connectivity index (χ1v) is 7.57. The van der Waals surface area contributed by atoms with Crippen LogP contribution in [-0.4, -0.2) is 35.6 Å². The van der Waals surface area contributed by atoms with Crippen LogP contribution in [0.15, 0.2) is 48.5 Å². The summed E-state index contributed by atoms with van der Waals surface area (Å²) in [7, 11) is 0. The van der Waals surface area contributed by atoms with Crippen LogP contribution in [0.2, 0.25) is 0 Å². The Hall–Kier alpha value is -2.56. The molecule has 0 bridgehead atoms. The Balaban J connectivity index is 1.55. The van der Waals surface area contributed by atoms with Crippen LogP contribution in [0.4, 0.5) is 4.39 Å². The molecule has 4 nitrogen and oxygen atoms in total. The molecular formula is C18H18FNO3. The van der Waals surface area contributed by atoms with Gasteiger partial charge in [0.25, 0.3) is 5.91 Å². The largest absolute Gasteiger partial charge is 0.504 e. The van der Waals surface area contributed by atoms with Gasteiger partial charge < -0.3 is 14.7 Å². The highest BCUT2D eigenvalue weighted by Crippen LogP contribution is 2.28. The average Bonchev–Trinajstić information content (AvgIpc) is 3.04. The molecule has 1 aliphatic heterocycles. The van der Waals surface area contributed by atoms with Crippen molar-refractivity contribution >= 4 is 5.91 Å². The molecule has 1 heterocycles. The summed E-state index contributed by atoms with van der Waals surface area (Å²) in [6.07, 6.45) is 0.855. The van der Waals surface area contributed by atoms with E-state index in [0.717, 1.165) is 12.0 Å². The number of hydrogen-bond acceptors (Lipinski definition) is 3. The lowest BCUT2D eigenvalue weighted by atomic mass is 9.99. The van der Waals surface area contributed by atoms with Crippen LogP contribution in [-0.2, 0) is 4.79 Å². The van der Waals surface area contributed by atoms with Crippen LogP contribution < -0.4 is 4.74 Å². The maximum atomic E-state index is 13.0. The van der Waals surface area contributed by atoms with Crippen LogP contribution in [0.3, 0.4) is 0 Å². The monoisotopic (exact) mass is 315 g/mol. The number of ether oxygens (including phenoxy) is 1. The number of para-hydroxylation sites is 2. The van der Waals surface area contributed by atoms with Gasteiger partial charge in [0.2, 0.25) is 0 Å². The van der Waals surface area contributed by atoms with Crippen molar-refractivity contribution in [2.45, 2.75) is 12.3 Å². The molecule has 0 aromatic heterocycles. The normalized spacial score (nSPS) is 17.3. The van der Waals surface area contributed by atoms with Crippen molar-refractivity contribution in [1.82, 2.24) is 4.90 Å². The molecule has 2 aromatic carbocycles.